The number of primary amides is 1. The van der Waals surface area contributed by atoms with Crippen LogP contribution in [0, 0.1) is 9.93 Å². The third-order valence-electron chi connectivity index (χ3n) is 1.02. The van der Waals surface area contributed by atoms with Crippen LogP contribution in [-0.4, -0.2) is 23.0 Å². The van der Waals surface area contributed by atoms with Gasteiger partial charge >= 0.3 is 5.97 Å². The number of nitrogens with two attached hydrogens (primary N) is 2. The largest absolute Gasteiger partial charge is 0.480 e. The third-order valence-corrected chi connectivity index (χ3v) is 1.02. The highest BCUT2D eigenvalue weighted by molar-refractivity contribution is 5.76. The van der Waals surface area contributed by atoms with Crippen LogP contribution in [0.1, 0.15) is 12.8 Å². The standard InChI is InChI=1S/C5H10N2O3.O2/c6-3(5(9)10)1-2-4(7)8;1-2/h3H,1-2,6H2,(H2,7,8)(H,9,10);/t3-;/m0./s1. The number of carbonyl (C=O) groups excluding carboxylic acids is 1. The molecule has 12 heavy (non-hydrogen) atoms. The molecule has 7 heteroatoms. The zero-order valence-corrected chi connectivity index (χ0v) is 6.23. The van der Waals surface area contributed by atoms with Crippen LogP contribution in [0.3, 0.4) is 0 Å². The molecule has 0 aromatic carbocycles. The first kappa shape index (κ1) is 13.1. The van der Waals surface area contributed by atoms with Crippen LogP contribution in [0.15, 0.2) is 0 Å². The van der Waals surface area contributed by atoms with E-state index in [2.05, 4.69) is 0 Å². The minimum atomic E-state index is -1.11. The number of aliphatic carboxylic acids is 1. The average Bonchev–Trinajstić information content (AvgIpc) is 2.03. The molecular weight excluding hydrogens is 168 g/mol. The summed E-state index contributed by atoms with van der Waals surface area (Å²) in [6.45, 7) is 0. The molecule has 0 aliphatic carbocycles. The van der Waals surface area contributed by atoms with Crippen molar-refractivity contribution in [2.75, 3.05) is 0 Å². The molecule has 7 nitrogen and oxygen atoms in total. The fourth-order valence-electron chi connectivity index (χ4n) is 0.421. The third kappa shape index (κ3) is 8.50. The molecule has 0 fully saturated rings. The molecule has 0 aliphatic heterocycles. The first-order valence-corrected chi connectivity index (χ1v) is 2.97. The number of hydrogen-bond acceptors (Lipinski definition) is 5. The summed E-state index contributed by atoms with van der Waals surface area (Å²) in [5.41, 5.74) is 9.81. The smallest absolute Gasteiger partial charge is 0.320 e. The zero-order valence-electron chi connectivity index (χ0n) is 6.23. The van der Waals surface area contributed by atoms with Crippen LogP contribution in [-0.2, 0) is 9.59 Å². The summed E-state index contributed by atoms with van der Waals surface area (Å²) < 4.78 is 0. The first-order valence-electron chi connectivity index (χ1n) is 2.97. The highest BCUT2D eigenvalue weighted by Crippen LogP contribution is 1.92. The quantitative estimate of drug-likeness (QED) is 0.490. The number of carboxylic acid groups (broad SMARTS) is 1. The van der Waals surface area contributed by atoms with Gasteiger partial charge in [-0.1, -0.05) is 0 Å². The fourth-order valence-corrected chi connectivity index (χ4v) is 0.421. The Kier molecular flexibility index (Phi) is 8.31. The van der Waals surface area contributed by atoms with Gasteiger partial charge in [-0.3, -0.25) is 9.59 Å². The SMILES string of the molecule is NC(=O)CC[C@H](N)C(=O)O.O=O. The Morgan fingerprint density at radius 3 is 2.00 bits per heavy atom. The lowest BCUT2D eigenvalue weighted by molar-refractivity contribution is -0.138. The van der Waals surface area contributed by atoms with Crippen LogP contribution < -0.4 is 11.5 Å². The molecule has 70 valence electrons. The van der Waals surface area contributed by atoms with Crippen molar-refractivity contribution < 1.29 is 14.7 Å². The number of carboxylic acids is 1. The minimum Gasteiger partial charge on any atom is -0.480 e. The van der Waals surface area contributed by atoms with Gasteiger partial charge in [0.1, 0.15) is 6.04 Å². The van der Waals surface area contributed by atoms with Crippen molar-refractivity contribution in [2.45, 2.75) is 18.9 Å². The maximum absolute atomic E-state index is 10.1. The monoisotopic (exact) mass is 178 g/mol. The Morgan fingerprint density at radius 1 is 1.33 bits per heavy atom. The van der Waals surface area contributed by atoms with E-state index in [-0.39, 0.29) is 12.8 Å². The van der Waals surface area contributed by atoms with Gasteiger partial charge < -0.3 is 16.6 Å². The van der Waals surface area contributed by atoms with Gasteiger partial charge in [-0.05, 0) is 6.42 Å². The van der Waals surface area contributed by atoms with Crippen molar-refractivity contribution in [3.05, 3.63) is 9.93 Å². The minimum absolute atomic E-state index is 0.0213. The van der Waals surface area contributed by atoms with Crippen LogP contribution in [0.25, 0.3) is 0 Å². The van der Waals surface area contributed by atoms with E-state index in [1.54, 1.807) is 0 Å². The van der Waals surface area contributed by atoms with E-state index >= 15 is 0 Å². The summed E-state index contributed by atoms with van der Waals surface area (Å²) in [5, 5.41) is 8.22. The van der Waals surface area contributed by atoms with E-state index in [4.69, 9.17) is 26.5 Å². The van der Waals surface area contributed by atoms with Crippen LogP contribution >= 0.6 is 0 Å². The Bertz CT molecular complexity index is 160. The summed E-state index contributed by atoms with van der Waals surface area (Å²) in [4.78, 5) is 34.1. The van der Waals surface area contributed by atoms with Crippen molar-refractivity contribution in [1.29, 1.82) is 0 Å². The fraction of sp³-hybridized carbons (Fsp3) is 0.600. The lowest BCUT2D eigenvalue weighted by Gasteiger charge is -2.01. The molecule has 1 amide bonds. The Balaban J connectivity index is 0. The first-order chi connectivity index (χ1) is 5.54. The molecule has 0 aromatic rings. The number of hydrogen-bond donors (Lipinski definition) is 3. The molecule has 0 spiro atoms. The molecular formula is C5H10N2O5. The molecule has 0 radical (unpaired) electrons. The summed E-state index contributed by atoms with van der Waals surface area (Å²) in [6, 6.07) is -0.979. The molecule has 0 bridgehead atoms. The maximum Gasteiger partial charge on any atom is 0.320 e. The van der Waals surface area contributed by atoms with E-state index in [0.717, 1.165) is 0 Å². The maximum atomic E-state index is 10.1. The molecule has 5 N–H and O–H groups in total. The van der Waals surface area contributed by atoms with Crippen molar-refractivity contribution in [2.24, 2.45) is 11.5 Å². The lowest BCUT2D eigenvalue weighted by atomic mass is 10.2. The molecule has 0 saturated carbocycles. The number of rotatable bonds is 4. The topological polar surface area (TPSA) is 141 Å². The van der Waals surface area contributed by atoms with E-state index in [1.165, 1.54) is 0 Å². The van der Waals surface area contributed by atoms with Gasteiger partial charge in [0.05, 0.1) is 0 Å². The van der Waals surface area contributed by atoms with Gasteiger partial charge in [-0.2, -0.15) is 0 Å². The van der Waals surface area contributed by atoms with E-state index < -0.39 is 17.9 Å². The van der Waals surface area contributed by atoms with Gasteiger partial charge in [0.2, 0.25) is 5.91 Å². The van der Waals surface area contributed by atoms with Crippen molar-refractivity contribution in [3.8, 4) is 0 Å². The van der Waals surface area contributed by atoms with Crippen molar-refractivity contribution in [3.63, 3.8) is 0 Å². The van der Waals surface area contributed by atoms with Gasteiger partial charge in [0, 0.05) is 16.4 Å². The Hall–Kier alpha value is -1.50. The summed E-state index contributed by atoms with van der Waals surface area (Å²) in [5.74, 6) is -1.64. The molecule has 0 rings (SSSR count). The Labute approximate surface area is 67.9 Å². The molecule has 0 aromatic heterocycles. The normalized spacial score (nSPS) is 10.8. The van der Waals surface area contributed by atoms with Gasteiger partial charge in [-0.25, -0.2) is 0 Å². The highest BCUT2D eigenvalue weighted by Gasteiger charge is 2.11. The predicted octanol–water partition coefficient (Wildman–Crippen LogP) is -1.27. The van der Waals surface area contributed by atoms with Gasteiger partial charge in [0.15, 0.2) is 0 Å². The van der Waals surface area contributed by atoms with Crippen LogP contribution in [0.4, 0.5) is 0 Å². The Morgan fingerprint density at radius 2 is 1.75 bits per heavy atom. The lowest BCUT2D eigenvalue weighted by Crippen LogP contribution is -2.31. The van der Waals surface area contributed by atoms with Gasteiger partial charge in [-0.15, -0.1) is 0 Å². The van der Waals surface area contributed by atoms with E-state index in [9.17, 15) is 9.59 Å². The second kappa shape index (κ2) is 7.61. The summed E-state index contributed by atoms with van der Waals surface area (Å²) in [7, 11) is 0. The van der Waals surface area contributed by atoms with E-state index in [0.29, 0.717) is 0 Å². The number of amides is 1. The van der Waals surface area contributed by atoms with Crippen molar-refractivity contribution >= 4 is 11.9 Å². The molecule has 0 aliphatic rings. The van der Waals surface area contributed by atoms with Crippen LogP contribution in [0.5, 0.6) is 0 Å². The zero-order chi connectivity index (χ0) is 10.1. The summed E-state index contributed by atoms with van der Waals surface area (Å²) >= 11 is 0. The molecule has 1 atom stereocenters. The van der Waals surface area contributed by atoms with Gasteiger partial charge in [0.25, 0.3) is 0 Å². The summed E-state index contributed by atoms with van der Waals surface area (Å²) in [6.07, 6.45) is 0.123. The second-order valence-electron chi connectivity index (χ2n) is 1.95. The molecule has 0 saturated heterocycles. The predicted molar refractivity (Wildman–Crippen MR) is 40.8 cm³/mol. The second-order valence-corrected chi connectivity index (χ2v) is 1.95. The van der Waals surface area contributed by atoms with E-state index in [1.807, 2.05) is 0 Å². The molecule has 0 heterocycles. The average molecular weight is 178 g/mol. The van der Waals surface area contributed by atoms with Crippen LogP contribution in [0.2, 0.25) is 0 Å². The number of carbonyl (C=O) groups is 2. The van der Waals surface area contributed by atoms with Crippen molar-refractivity contribution in [1.82, 2.24) is 0 Å². The highest BCUT2D eigenvalue weighted by atomic mass is 16.7. The molecule has 0 unspecified atom stereocenters.